The SMILES string of the molecule is CCN(CC)C(=O)COc1cccc(NC(=O)c2ccc(C(=O)O)s2)c1. The highest BCUT2D eigenvalue weighted by Crippen LogP contribution is 2.21. The van der Waals surface area contributed by atoms with Gasteiger partial charge in [-0.1, -0.05) is 6.07 Å². The number of amides is 2. The number of carbonyl (C=O) groups excluding carboxylic acids is 2. The van der Waals surface area contributed by atoms with Crippen molar-refractivity contribution in [3.8, 4) is 5.75 Å². The Bertz CT molecular complexity index is 798. The molecule has 26 heavy (non-hydrogen) atoms. The summed E-state index contributed by atoms with van der Waals surface area (Å²) < 4.78 is 5.50. The lowest BCUT2D eigenvalue weighted by molar-refractivity contribution is -0.132. The van der Waals surface area contributed by atoms with Crippen LogP contribution in [0, 0.1) is 0 Å². The smallest absolute Gasteiger partial charge is 0.345 e. The van der Waals surface area contributed by atoms with Crippen LogP contribution in [0.3, 0.4) is 0 Å². The van der Waals surface area contributed by atoms with E-state index in [9.17, 15) is 14.4 Å². The van der Waals surface area contributed by atoms with Gasteiger partial charge >= 0.3 is 5.97 Å². The number of carbonyl (C=O) groups is 3. The van der Waals surface area contributed by atoms with E-state index in [1.54, 1.807) is 29.2 Å². The average Bonchev–Trinajstić information content (AvgIpc) is 3.12. The molecule has 8 heteroatoms. The van der Waals surface area contributed by atoms with Crippen LogP contribution in [-0.2, 0) is 4.79 Å². The number of anilines is 1. The predicted molar refractivity (Wildman–Crippen MR) is 99.1 cm³/mol. The lowest BCUT2D eigenvalue weighted by Gasteiger charge is -2.18. The van der Waals surface area contributed by atoms with Crippen molar-refractivity contribution in [2.45, 2.75) is 13.8 Å². The molecule has 1 aromatic carbocycles. The third-order valence-electron chi connectivity index (χ3n) is 3.61. The van der Waals surface area contributed by atoms with Crippen molar-refractivity contribution in [2.75, 3.05) is 25.0 Å². The minimum absolute atomic E-state index is 0.0774. The van der Waals surface area contributed by atoms with Gasteiger partial charge in [-0.3, -0.25) is 9.59 Å². The second kappa shape index (κ2) is 9.00. The molecule has 0 spiro atoms. The number of carboxylic acid groups (broad SMARTS) is 1. The number of rotatable bonds is 8. The first-order valence-corrected chi connectivity index (χ1v) is 8.91. The fourth-order valence-corrected chi connectivity index (χ4v) is 2.98. The van der Waals surface area contributed by atoms with Crippen molar-refractivity contribution in [1.29, 1.82) is 0 Å². The Hall–Kier alpha value is -2.87. The van der Waals surface area contributed by atoms with Gasteiger partial charge in [0.1, 0.15) is 10.6 Å². The van der Waals surface area contributed by atoms with Gasteiger partial charge in [0.2, 0.25) is 0 Å². The number of ether oxygens (including phenoxy) is 1. The third kappa shape index (κ3) is 5.06. The molecule has 0 atom stereocenters. The quantitative estimate of drug-likeness (QED) is 0.738. The van der Waals surface area contributed by atoms with E-state index in [2.05, 4.69) is 5.32 Å². The number of benzene rings is 1. The summed E-state index contributed by atoms with van der Waals surface area (Å²) in [5.41, 5.74) is 0.494. The van der Waals surface area contributed by atoms with Crippen molar-refractivity contribution >= 4 is 34.8 Å². The first-order chi connectivity index (χ1) is 12.4. The summed E-state index contributed by atoms with van der Waals surface area (Å²) in [6, 6.07) is 9.54. The van der Waals surface area contributed by atoms with Crippen molar-refractivity contribution in [2.24, 2.45) is 0 Å². The van der Waals surface area contributed by atoms with E-state index in [1.165, 1.54) is 12.1 Å². The van der Waals surface area contributed by atoms with Crippen LogP contribution in [0.2, 0.25) is 0 Å². The van der Waals surface area contributed by atoms with Crippen LogP contribution in [0.4, 0.5) is 5.69 Å². The number of hydrogen-bond acceptors (Lipinski definition) is 5. The highest BCUT2D eigenvalue weighted by atomic mass is 32.1. The molecule has 0 saturated carbocycles. The van der Waals surface area contributed by atoms with Gasteiger partial charge in [-0.2, -0.15) is 0 Å². The topological polar surface area (TPSA) is 95.9 Å². The highest BCUT2D eigenvalue weighted by Gasteiger charge is 2.14. The van der Waals surface area contributed by atoms with Crippen LogP contribution in [0.25, 0.3) is 0 Å². The summed E-state index contributed by atoms with van der Waals surface area (Å²) in [5, 5.41) is 11.6. The second-order valence-corrected chi connectivity index (χ2v) is 6.39. The fourth-order valence-electron chi connectivity index (χ4n) is 2.24. The minimum atomic E-state index is -1.07. The maximum Gasteiger partial charge on any atom is 0.345 e. The van der Waals surface area contributed by atoms with Gasteiger partial charge in [-0.25, -0.2) is 4.79 Å². The molecule has 0 saturated heterocycles. The minimum Gasteiger partial charge on any atom is -0.484 e. The Kier molecular flexibility index (Phi) is 6.74. The molecular formula is C18H20N2O5S. The molecule has 0 fully saturated rings. The Morgan fingerprint density at radius 1 is 1.12 bits per heavy atom. The number of hydrogen-bond donors (Lipinski definition) is 2. The monoisotopic (exact) mass is 376 g/mol. The van der Waals surface area contributed by atoms with E-state index in [-0.39, 0.29) is 17.4 Å². The normalized spacial score (nSPS) is 10.2. The van der Waals surface area contributed by atoms with Crippen LogP contribution in [0.15, 0.2) is 36.4 Å². The summed E-state index contributed by atoms with van der Waals surface area (Å²) in [5.74, 6) is -1.12. The van der Waals surface area contributed by atoms with Gasteiger partial charge in [0.05, 0.1) is 4.88 Å². The lowest BCUT2D eigenvalue weighted by atomic mass is 10.3. The molecule has 2 amide bonds. The summed E-state index contributed by atoms with van der Waals surface area (Å²) in [7, 11) is 0. The summed E-state index contributed by atoms with van der Waals surface area (Å²) in [6.07, 6.45) is 0. The number of aromatic carboxylic acids is 1. The van der Waals surface area contributed by atoms with Crippen LogP contribution in [0.5, 0.6) is 5.75 Å². The number of thiophene rings is 1. The van der Waals surface area contributed by atoms with E-state index in [4.69, 9.17) is 9.84 Å². The number of nitrogens with one attached hydrogen (secondary N) is 1. The first-order valence-electron chi connectivity index (χ1n) is 8.09. The highest BCUT2D eigenvalue weighted by molar-refractivity contribution is 7.15. The fraction of sp³-hybridized carbons (Fsp3) is 0.278. The van der Waals surface area contributed by atoms with Crippen molar-refractivity contribution in [3.63, 3.8) is 0 Å². The zero-order valence-electron chi connectivity index (χ0n) is 14.5. The molecule has 0 bridgehead atoms. The maximum atomic E-state index is 12.2. The van der Waals surface area contributed by atoms with Gasteiger partial charge in [-0.05, 0) is 38.1 Å². The van der Waals surface area contributed by atoms with Crippen molar-refractivity contribution in [3.05, 3.63) is 46.2 Å². The average molecular weight is 376 g/mol. The van der Waals surface area contributed by atoms with E-state index >= 15 is 0 Å². The summed E-state index contributed by atoms with van der Waals surface area (Å²) in [6.45, 7) is 4.96. The summed E-state index contributed by atoms with van der Waals surface area (Å²) >= 11 is 0.902. The van der Waals surface area contributed by atoms with Gasteiger partial charge in [0.25, 0.3) is 11.8 Å². The zero-order chi connectivity index (χ0) is 19.1. The zero-order valence-corrected chi connectivity index (χ0v) is 15.3. The van der Waals surface area contributed by atoms with Gasteiger partial charge in [-0.15, -0.1) is 11.3 Å². The molecule has 0 aliphatic heterocycles. The Balaban J connectivity index is 1.98. The van der Waals surface area contributed by atoms with Crippen LogP contribution >= 0.6 is 11.3 Å². The Morgan fingerprint density at radius 2 is 1.81 bits per heavy atom. The van der Waals surface area contributed by atoms with Crippen LogP contribution in [0.1, 0.15) is 33.2 Å². The van der Waals surface area contributed by atoms with E-state index in [1.807, 2.05) is 13.8 Å². The van der Waals surface area contributed by atoms with Gasteiger partial charge < -0.3 is 20.1 Å². The number of carboxylic acids is 1. The molecule has 2 aromatic rings. The Labute approximate surface area is 155 Å². The molecule has 1 heterocycles. The van der Waals surface area contributed by atoms with Crippen molar-refractivity contribution in [1.82, 2.24) is 4.90 Å². The van der Waals surface area contributed by atoms with E-state index in [0.29, 0.717) is 29.4 Å². The number of likely N-dealkylation sites (N-methyl/N-ethyl adjacent to an activating group) is 1. The maximum absolute atomic E-state index is 12.2. The third-order valence-corrected chi connectivity index (χ3v) is 4.68. The molecular weight excluding hydrogens is 356 g/mol. The second-order valence-electron chi connectivity index (χ2n) is 5.31. The molecule has 0 aliphatic carbocycles. The van der Waals surface area contributed by atoms with Gasteiger partial charge in [0.15, 0.2) is 6.61 Å². The largest absolute Gasteiger partial charge is 0.484 e. The lowest BCUT2D eigenvalue weighted by Crippen LogP contribution is -2.34. The summed E-state index contributed by atoms with van der Waals surface area (Å²) in [4.78, 5) is 37.1. The predicted octanol–water partition coefficient (Wildman–Crippen LogP) is 2.95. The molecule has 2 rings (SSSR count). The molecule has 0 radical (unpaired) electrons. The standard InChI is InChI=1S/C18H20N2O5S/c1-3-20(4-2)16(21)11-25-13-7-5-6-12(10-13)19-17(22)14-8-9-15(26-14)18(23)24/h5-10H,3-4,11H2,1-2H3,(H,19,22)(H,23,24). The molecule has 2 N–H and O–H groups in total. The molecule has 0 unspecified atom stereocenters. The van der Waals surface area contributed by atoms with Crippen LogP contribution < -0.4 is 10.1 Å². The van der Waals surface area contributed by atoms with E-state index in [0.717, 1.165) is 11.3 Å². The molecule has 7 nitrogen and oxygen atoms in total. The van der Waals surface area contributed by atoms with Crippen molar-refractivity contribution < 1.29 is 24.2 Å². The molecule has 138 valence electrons. The van der Waals surface area contributed by atoms with Gasteiger partial charge in [0, 0.05) is 24.8 Å². The number of nitrogens with zero attached hydrogens (tertiary/aromatic N) is 1. The Morgan fingerprint density at radius 3 is 2.42 bits per heavy atom. The molecule has 0 aliphatic rings. The first kappa shape index (κ1) is 19.5. The molecule has 1 aromatic heterocycles. The van der Waals surface area contributed by atoms with Crippen LogP contribution in [-0.4, -0.2) is 47.5 Å². The van der Waals surface area contributed by atoms with E-state index < -0.39 is 11.9 Å².